The van der Waals surface area contributed by atoms with Gasteiger partial charge in [0.1, 0.15) is 6.29 Å². The Bertz CT molecular complexity index is 303. The molecule has 13 heavy (non-hydrogen) atoms. The molecule has 0 aliphatic carbocycles. The summed E-state index contributed by atoms with van der Waals surface area (Å²) in [5.74, 6) is 0. The van der Waals surface area contributed by atoms with Crippen LogP contribution in [-0.4, -0.2) is 23.5 Å². The van der Waals surface area contributed by atoms with E-state index >= 15 is 0 Å². The van der Waals surface area contributed by atoms with Crippen molar-refractivity contribution in [3.8, 4) is 0 Å². The van der Waals surface area contributed by atoms with Crippen molar-refractivity contribution in [2.45, 2.75) is 0 Å². The first kappa shape index (κ1) is 9.70. The van der Waals surface area contributed by atoms with Gasteiger partial charge in [-0.15, -0.1) is 0 Å². The summed E-state index contributed by atoms with van der Waals surface area (Å²) in [4.78, 5) is 9.99. The fourth-order valence-electron chi connectivity index (χ4n) is 0.930. The standard InChI is InChI=1S/C9H9BO3/c11-7-1-2-8-3-5-9(6-4-8)10(12)13/h1-7,12-13H. The molecule has 0 radical (unpaired) electrons. The molecule has 1 rings (SSSR count). The van der Waals surface area contributed by atoms with Gasteiger partial charge in [0.05, 0.1) is 0 Å². The highest BCUT2D eigenvalue weighted by molar-refractivity contribution is 6.58. The molecule has 0 saturated heterocycles. The Morgan fingerprint density at radius 3 is 2.23 bits per heavy atom. The molecule has 0 atom stereocenters. The summed E-state index contributed by atoms with van der Waals surface area (Å²) in [6.07, 6.45) is 3.71. The monoisotopic (exact) mass is 176 g/mol. The van der Waals surface area contributed by atoms with E-state index in [4.69, 9.17) is 10.0 Å². The molecule has 0 aliphatic rings. The van der Waals surface area contributed by atoms with Gasteiger partial charge in [0.25, 0.3) is 0 Å². The predicted molar refractivity (Wildman–Crippen MR) is 51.4 cm³/mol. The van der Waals surface area contributed by atoms with Gasteiger partial charge in [0.2, 0.25) is 0 Å². The molecule has 0 spiro atoms. The molecule has 0 unspecified atom stereocenters. The summed E-state index contributed by atoms with van der Waals surface area (Å²) in [6.45, 7) is 0. The Morgan fingerprint density at radius 2 is 1.77 bits per heavy atom. The smallest absolute Gasteiger partial charge is 0.423 e. The van der Waals surface area contributed by atoms with E-state index in [-0.39, 0.29) is 0 Å². The third-order valence-corrected chi connectivity index (χ3v) is 1.60. The third-order valence-electron chi connectivity index (χ3n) is 1.60. The molecule has 2 N–H and O–H groups in total. The molecule has 4 heteroatoms. The second kappa shape index (κ2) is 4.59. The van der Waals surface area contributed by atoms with Crippen LogP contribution in [0.25, 0.3) is 6.08 Å². The number of carbonyl (C=O) groups is 1. The summed E-state index contributed by atoms with van der Waals surface area (Å²) >= 11 is 0. The maximum Gasteiger partial charge on any atom is 0.488 e. The van der Waals surface area contributed by atoms with Crippen LogP contribution in [0.2, 0.25) is 0 Å². The van der Waals surface area contributed by atoms with Crippen LogP contribution in [0.4, 0.5) is 0 Å². The van der Waals surface area contributed by atoms with Crippen LogP contribution in [0, 0.1) is 0 Å². The highest BCUT2D eigenvalue weighted by Crippen LogP contribution is 1.99. The molecular weight excluding hydrogens is 167 g/mol. The minimum Gasteiger partial charge on any atom is -0.423 e. The van der Waals surface area contributed by atoms with Crippen LogP contribution >= 0.6 is 0 Å². The lowest BCUT2D eigenvalue weighted by Gasteiger charge is -1.98. The van der Waals surface area contributed by atoms with Crippen LogP contribution in [-0.2, 0) is 4.79 Å². The summed E-state index contributed by atoms with van der Waals surface area (Å²) in [7, 11) is -1.44. The zero-order valence-corrected chi connectivity index (χ0v) is 6.92. The Balaban J connectivity index is 2.81. The van der Waals surface area contributed by atoms with Gasteiger partial charge in [-0.2, -0.15) is 0 Å². The second-order valence-electron chi connectivity index (χ2n) is 2.54. The number of rotatable bonds is 3. The SMILES string of the molecule is O=CC=Cc1ccc(B(O)O)cc1. The number of hydrogen-bond acceptors (Lipinski definition) is 3. The fraction of sp³-hybridized carbons (Fsp3) is 0. The minimum atomic E-state index is -1.44. The van der Waals surface area contributed by atoms with E-state index in [1.165, 1.54) is 6.08 Å². The van der Waals surface area contributed by atoms with Crippen LogP contribution < -0.4 is 5.46 Å². The lowest BCUT2D eigenvalue weighted by molar-refractivity contribution is -0.104. The molecular formula is C9H9BO3. The predicted octanol–water partition coefficient (Wildman–Crippen LogP) is -0.421. The van der Waals surface area contributed by atoms with Crippen molar-refractivity contribution >= 4 is 24.9 Å². The van der Waals surface area contributed by atoms with Gasteiger partial charge < -0.3 is 10.0 Å². The molecule has 0 fully saturated rings. The maximum atomic E-state index is 9.99. The summed E-state index contributed by atoms with van der Waals surface area (Å²) < 4.78 is 0. The quantitative estimate of drug-likeness (QED) is 0.373. The number of carbonyl (C=O) groups excluding carboxylic acids is 1. The average molecular weight is 176 g/mol. The van der Waals surface area contributed by atoms with Crippen molar-refractivity contribution < 1.29 is 14.8 Å². The Hall–Kier alpha value is -1.39. The van der Waals surface area contributed by atoms with E-state index < -0.39 is 7.12 Å². The minimum absolute atomic E-state index is 0.434. The Morgan fingerprint density at radius 1 is 1.15 bits per heavy atom. The van der Waals surface area contributed by atoms with E-state index in [0.29, 0.717) is 11.7 Å². The van der Waals surface area contributed by atoms with E-state index in [0.717, 1.165) is 5.56 Å². The number of hydrogen-bond donors (Lipinski definition) is 2. The van der Waals surface area contributed by atoms with Crippen molar-refractivity contribution in [3.63, 3.8) is 0 Å². The fourth-order valence-corrected chi connectivity index (χ4v) is 0.930. The van der Waals surface area contributed by atoms with Gasteiger partial charge in [-0.1, -0.05) is 30.3 Å². The number of allylic oxidation sites excluding steroid dienone is 1. The van der Waals surface area contributed by atoms with Crippen LogP contribution in [0.1, 0.15) is 5.56 Å². The van der Waals surface area contributed by atoms with E-state index in [1.807, 2.05) is 0 Å². The number of aldehydes is 1. The topological polar surface area (TPSA) is 57.5 Å². The highest BCUT2D eigenvalue weighted by Gasteiger charge is 2.08. The zero-order chi connectivity index (χ0) is 9.68. The van der Waals surface area contributed by atoms with Gasteiger partial charge in [-0.25, -0.2) is 0 Å². The zero-order valence-electron chi connectivity index (χ0n) is 6.92. The van der Waals surface area contributed by atoms with Crippen molar-refractivity contribution in [2.75, 3.05) is 0 Å². The first-order valence-corrected chi connectivity index (χ1v) is 3.82. The molecule has 0 heterocycles. The third kappa shape index (κ3) is 2.85. The van der Waals surface area contributed by atoms with Crippen molar-refractivity contribution in [1.82, 2.24) is 0 Å². The van der Waals surface area contributed by atoms with Crippen LogP contribution in [0.3, 0.4) is 0 Å². The largest absolute Gasteiger partial charge is 0.488 e. The van der Waals surface area contributed by atoms with Gasteiger partial charge in [0.15, 0.2) is 0 Å². The average Bonchev–Trinajstić information content (AvgIpc) is 2.15. The first-order valence-electron chi connectivity index (χ1n) is 3.82. The van der Waals surface area contributed by atoms with Gasteiger partial charge >= 0.3 is 7.12 Å². The molecule has 1 aromatic carbocycles. The highest BCUT2D eigenvalue weighted by atomic mass is 16.4. The lowest BCUT2D eigenvalue weighted by atomic mass is 9.80. The molecule has 0 aliphatic heterocycles. The Kier molecular flexibility index (Phi) is 3.43. The molecule has 0 saturated carbocycles. The second-order valence-corrected chi connectivity index (χ2v) is 2.54. The van der Waals surface area contributed by atoms with Gasteiger partial charge in [-0.3, -0.25) is 4.79 Å². The molecule has 1 aromatic rings. The maximum absolute atomic E-state index is 9.99. The van der Waals surface area contributed by atoms with Crippen molar-refractivity contribution in [3.05, 3.63) is 35.9 Å². The normalized spacial score (nSPS) is 10.3. The molecule has 3 nitrogen and oxygen atoms in total. The van der Waals surface area contributed by atoms with Crippen LogP contribution in [0.5, 0.6) is 0 Å². The summed E-state index contributed by atoms with van der Waals surface area (Å²) in [5, 5.41) is 17.5. The van der Waals surface area contributed by atoms with Crippen molar-refractivity contribution in [1.29, 1.82) is 0 Å². The Labute approximate surface area is 76.5 Å². The molecule has 66 valence electrons. The van der Waals surface area contributed by atoms with E-state index in [1.54, 1.807) is 30.3 Å². The van der Waals surface area contributed by atoms with Crippen molar-refractivity contribution in [2.24, 2.45) is 0 Å². The molecule has 0 amide bonds. The van der Waals surface area contributed by atoms with Crippen LogP contribution in [0.15, 0.2) is 30.3 Å². The van der Waals surface area contributed by atoms with Gasteiger partial charge in [0, 0.05) is 0 Å². The van der Waals surface area contributed by atoms with Gasteiger partial charge in [-0.05, 0) is 17.1 Å². The number of benzene rings is 1. The van der Waals surface area contributed by atoms with E-state index in [2.05, 4.69) is 0 Å². The lowest BCUT2D eigenvalue weighted by Crippen LogP contribution is -2.29. The molecule has 0 bridgehead atoms. The van der Waals surface area contributed by atoms with E-state index in [9.17, 15) is 4.79 Å². The summed E-state index contributed by atoms with van der Waals surface area (Å²) in [5.41, 5.74) is 1.28. The summed E-state index contributed by atoms with van der Waals surface area (Å²) in [6, 6.07) is 6.59. The molecule has 0 aromatic heterocycles. The first-order chi connectivity index (χ1) is 6.24.